The maximum absolute atomic E-state index is 11.6. The lowest BCUT2D eigenvalue weighted by atomic mass is 9.76. The summed E-state index contributed by atoms with van der Waals surface area (Å²) >= 11 is 0. The van der Waals surface area contributed by atoms with Crippen molar-refractivity contribution in [1.82, 2.24) is 0 Å². The van der Waals surface area contributed by atoms with E-state index in [1.165, 1.54) is 0 Å². The first-order chi connectivity index (χ1) is 7.58. The second-order valence-corrected chi connectivity index (χ2v) is 4.84. The third-order valence-corrected chi connectivity index (χ3v) is 3.38. The van der Waals surface area contributed by atoms with E-state index in [1.54, 1.807) is 0 Å². The molecule has 4 N–H and O–H groups in total. The minimum atomic E-state index is -0.540. The SMILES string of the molecule is CCCCOC(=O)CC1(N)CCCCC1N. The molecule has 0 heterocycles. The number of ether oxygens (including phenoxy) is 1. The van der Waals surface area contributed by atoms with Crippen LogP contribution in [-0.2, 0) is 9.53 Å². The Hall–Kier alpha value is -0.610. The van der Waals surface area contributed by atoms with E-state index in [4.69, 9.17) is 16.2 Å². The highest BCUT2D eigenvalue weighted by molar-refractivity contribution is 5.71. The summed E-state index contributed by atoms with van der Waals surface area (Å²) < 4.78 is 5.12. The van der Waals surface area contributed by atoms with Gasteiger partial charge in [-0.1, -0.05) is 26.2 Å². The molecule has 1 rings (SSSR count). The van der Waals surface area contributed by atoms with Crippen molar-refractivity contribution in [3.8, 4) is 0 Å². The van der Waals surface area contributed by atoms with Gasteiger partial charge in [0.15, 0.2) is 0 Å². The number of hydrogen-bond donors (Lipinski definition) is 2. The van der Waals surface area contributed by atoms with E-state index in [0.717, 1.165) is 38.5 Å². The number of esters is 1. The predicted octanol–water partition coefficient (Wildman–Crippen LogP) is 1.32. The molecule has 4 heteroatoms. The number of carbonyl (C=O) groups excluding carboxylic acids is 1. The normalized spacial score (nSPS) is 30.1. The zero-order valence-corrected chi connectivity index (χ0v) is 10.2. The molecule has 4 nitrogen and oxygen atoms in total. The van der Waals surface area contributed by atoms with Crippen molar-refractivity contribution in [2.75, 3.05) is 6.61 Å². The minimum absolute atomic E-state index is 0.0695. The Morgan fingerprint density at radius 3 is 2.88 bits per heavy atom. The van der Waals surface area contributed by atoms with Crippen molar-refractivity contribution in [1.29, 1.82) is 0 Å². The third kappa shape index (κ3) is 3.76. The molecule has 1 saturated carbocycles. The summed E-state index contributed by atoms with van der Waals surface area (Å²) in [5.74, 6) is -0.201. The van der Waals surface area contributed by atoms with Crippen molar-refractivity contribution < 1.29 is 9.53 Å². The number of hydrogen-bond acceptors (Lipinski definition) is 4. The smallest absolute Gasteiger partial charge is 0.307 e. The summed E-state index contributed by atoms with van der Waals surface area (Å²) in [6.07, 6.45) is 6.13. The van der Waals surface area contributed by atoms with Crippen molar-refractivity contribution in [2.24, 2.45) is 11.5 Å². The molecule has 0 radical (unpaired) electrons. The van der Waals surface area contributed by atoms with Gasteiger partial charge in [-0.2, -0.15) is 0 Å². The predicted molar refractivity (Wildman–Crippen MR) is 63.8 cm³/mol. The molecule has 1 fully saturated rings. The van der Waals surface area contributed by atoms with Crippen LogP contribution in [-0.4, -0.2) is 24.2 Å². The van der Waals surface area contributed by atoms with Gasteiger partial charge in [-0.3, -0.25) is 4.79 Å². The zero-order valence-electron chi connectivity index (χ0n) is 10.2. The number of nitrogens with two attached hydrogens (primary N) is 2. The summed E-state index contributed by atoms with van der Waals surface area (Å²) in [6.45, 7) is 2.57. The van der Waals surface area contributed by atoms with E-state index in [-0.39, 0.29) is 18.4 Å². The summed E-state index contributed by atoms with van der Waals surface area (Å²) in [6, 6.07) is -0.0695. The van der Waals surface area contributed by atoms with Crippen LogP contribution in [0.5, 0.6) is 0 Å². The number of carbonyl (C=O) groups is 1. The van der Waals surface area contributed by atoms with Crippen molar-refractivity contribution in [2.45, 2.75) is 63.5 Å². The molecule has 0 aromatic heterocycles. The lowest BCUT2D eigenvalue weighted by Gasteiger charge is -2.38. The Balaban J connectivity index is 2.35. The molecule has 2 unspecified atom stereocenters. The average Bonchev–Trinajstić information content (AvgIpc) is 2.23. The molecule has 1 aliphatic carbocycles. The molecule has 0 aromatic rings. The largest absolute Gasteiger partial charge is 0.466 e. The summed E-state index contributed by atoms with van der Waals surface area (Å²) in [4.78, 5) is 11.6. The zero-order chi connectivity index (χ0) is 12.0. The Kier molecular flexibility index (Phi) is 5.22. The summed E-state index contributed by atoms with van der Waals surface area (Å²) in [7, 11) is 0. The summed E-state index contributed by atoms with van der Waals surface area (Å²) in [5.41, 5.74) is 11.6. The van der Waals surface area contributed by atoms with Crippen molar-refractivity contribution >= 4 is 5.97 Å². The Morgan fingerprint density at radius 2 is 2.25 bits per heavy atom. The fraction of sp³-hybridized carbons (Fsp3) is 0.917. The topological polar surface area (TPSA) is 78.3 Å². The fourth-order valence-corrected chi connectivity index (χ4v) is 2.16. The van der Waals surface area contributed by atoms with Gasteiger partial charge in [0.25, 0.3) is 0 Å². The van der Waals surface area contributed by atoms with Gasteiger partial charge in [0.1, 0.15) is 0 Å². The first-order valence-electron chi connectivity index (χ1n) is 6.28. The van der Waals surface area contributed by atoms with Crippen LogP contribution in [0.25, 0.3) is 0 Å². The van der Waals surface area contributed by atoms with Crippen LogP contribution in [0, 0.1) is 0 Å². The number of unbranched alkanes of at least 4 members (excludes halogenated alkanes) is 1. The van der Waals surface area contributed by atoms with Gasteiger partial charge < -0.3 is 16.2 Å². The Bertz CT molecular complexity index is 233. The molecule has 0 bridgehead atoms. The monoisotopic (exact) mass is 228 g/mol. The van der Waals surface area contributed by atoms with Crippen LogP contribution in [0.2, 0.25) is 0 Å². The highest BCUT2D eigenvalue weighted by Crippen LogP contribution is 2.28. The first kappa shape index (κ1) is 13.5. The van der Waals surface area contributed by atoms with Crippen LogP contribution in [0.4, 0.5) is 0 Å². The Labute approximate surface area is 97.7 Å². The van der Waals surface area contributed by atoms with Crippen molar-refractivity contribution in [3.63, 3.8) is 0 Å². The standard InChI is InChI=1S/C12H24N2O2/c1-2-3-8-16-11(15)9-12(14)7-5-4-6-10(12)13/h10H,2-9,13-14H2,1H3. The molecule has 0 aliphatic heterocycles. The highest BCUT2D eigenvalue weighted by Gasteiger charge is 2.37. The highest BCUT2D eigenvalue weighted by atomic mass is 16.5. The molecule has 16 heavy (non-hydrogen) atoms. The van der Waals surface area contributed by atoms with E-state index in [9.17, 15) is 4.79 Å². The van der Waals surface area contributed by atoms with E-state index in [1.807, 2.05) is 0 Å². The lowest BCUT2D eigenvalue weighted by molar-refractivity contribution is -0.145. The van der Waals surface area contributed by atoms with Gasteiger partial charge >= 0.3 is 5.97 Å². The average molecular weight is 228 g/mol. The second kappa shape index (κ2) is 6.21. The maximum Gasteiger partial charge on any atom is 0.307 e. The third-order valence-electron chi connectivity index (χ3n) is 3.38. The summed E-state index contributed by atoms with van der Waals surface area (Å²) in [5, 5.41) is 0. The van der Waals surface area contributed by atoms with Crippen LogP contribution < -0.4 is 11.5 Å². The van der Waals surface area contributed by atoms with Gasteiger partial charge in [-0.15, -0.1) is 0 Å². The first-order valence-corrected chi connectivity index (χ1v) is 6.28. The molecule has 94 valence electrons. The van der Waals surface area contributed by atoms with Gasteiger partial charge in [0.05, 0.1) is 13.0 Å². The van der Waals surface area contributed by atoms with E-state index >= 15 is 0 Å². The quantitative estimate of drug-likeness (QED) is 0.549. The molecule has 0 spiro atoms. The molecule has 1 aliphatic rings. The van der Waals surface area contributed by atoms with Gasteiger partial charge in [0, 0.05) is 11.6 Å². The van der Waals surface area contributed by atoms with E-state index in [0.29, 0.717) is 6.61 Å². The molecule has 2 atom stereocenters. The molecular weight excluding hydrogens is 204 g/mol. The van der Waals surface area contributed by atoms with Crippen molar-refractivity contribution in [3.05, 3.63) is 0 Å². The maximum atomic E-state index is 11.6. The van der Waals surface area contributed by atoms with Crippen LogP contribution >= 0.6 is 0 Å². The van der Waals surface area contributed by atoms with E-state index in [2.05, 4.69) is 6.92 Å². The van der Waals surface area contributed by atoms with Crippen LogP contribution in [0.15, 0.2) is 0 Å². The van der Waals surface area contributed by atoms with Gasteiger partial charge in [-0.25, -0.2) is 0 Å². The number of rotatable bonds is 5. The van der Waals surface area contributed by atoms with Gasteiger partial charge in [-0.05, 0) is 19.3 Å². The molecule has 0 amide bonds. The lowest BCUT2D eigenvalue weighted by Crippen LogP contribution is -2.58. The van der Waals surface area contributed by atoms with Gasteiger partial charge in [0.2, 0.25) is 0 Å². The fourth-order valence-electron chi connectivity index (χ4n) is 2.16. The molecule has 0 aromatic carbocycles. The molecule has 0 saturated heterocycles. The minimum Gasteiger partial charge on any atom is -0.466 e. The van der Waals surface area contributed by atoms with Crippen LogP contribution in [0.3, 0.4) is 0 Å². The Morgan fingerprint density at radius 1 is 1.50 bits per heavy atom. The van der Waals surface area contributed by atoms with Crippen LogP contribution in [0.1, 0.15) is 51.9 Å². The van der Waals surface area contributed by atoms with E-state index < -0.39 is 5.54 Å². The molecular formula is C12H24N2O2. The second-order valence-electron chi connectivity index (χ2n) is 4.84.